The summed E-state index contributed by atoms with van der Waals surface area (Å²) in [5.74, 6) is 0. The summed E-state index contributed by atoms with van der Waals surface area (Å²) >= 11 is 0. The van der Waals surface area contributed by atoms with Crippen LogP contribution in [0.15, 0.2) is 6.20 Å². The van der Waals surface area contributed by atoms with E-state index in [9.17, 15) is 0 Å². The first-order valence-corrected chi connectivity index (χ1v) is 6.25. The molecule has 0 radical (unpaired) electrons. The molecule has 0 fully saturated rings. The van der Waals surface area contributed by atoms with E-state index in [1.807, 2.05) is 17.9 Å². The molecule has 5 nitrogen and oxygen atoms in total. The summed E-state index contributed by atoms with van der Waals surface area (Å²) in [6, 6.07) is 0.408. The van der Waals surface area contributed by atoms with Crippen molar-refractivity contribution in [2.75, 3.05) is 26.4 Å². The monoisotopic (exact) mass is 239 g/mol. The Kier molecular flexibility index (Phi) is 4.53. The normalized spacial score (nSPS) is 19.3. The van der Waals surface area contributed by atoms with Crippen LogP contribution in [0.25, 0.3) is 0 Å². The van der Waals surface area contributed by atoms with Crippen molar-refractivity contribution in [1.82, 2.24) is 15.1 Å². The first kappa shape index (κ1) is 12.5. The molecule has 1 heterocycles. The summed E-state index contributed by atoms with van der Waals surface area (Å²) in [6.07, 6.45) is 5.48. The largest absolute Gasteiger partial charge is 0.394 e. The molecule has 1 aromatic rings. The van der Waals surface area contributed by atoms with Gasteiger partial charge in [-0.05, 0) is 19.3 Å². The van der Waals surface area contributed by atoms with E-state index in [-0.39, 0.29) is 6.61 Å². The van der Waals surface area contributed by atoms with Crippen LogP contribution >= 0.6 is 0 Å². The molecule has 0 aliphatic heterocycles. The number of hydrogen-bond acceptors (Lipinski definition) is 4. The highest BCUT2D eigenvalue weighted by Crippen LogP contribution is 2.28. The third-order valence-corrected chi connectivity index (χ3v) is 3.25. The van der Waals surface area contributed by atoms with E-state index in [2.05, 4.69) is 10.4 Å². The highest BCUT2D eigenvalue weighted by atomic mass is 16.5. The van der Waals surface area contributed by atoms with Crippen molar-refractivity contribution in [1.29, 1.82) is 0 Å². The summed E-state index contributed by atoms with van der Waals surface area (Å²) in [4.78, 5) is 0. The van der Waals surface area contributed by atoms with E-state index in [4.69, 9.17) is 9.84 Å². The van der Waals surface area contributed by atoms with Gasteiger partial charge in [0.15, 0.2) is 0 Å². The van der Waals surface area contributed by atoms with Crippen LogP contribution < -0.4 is 5.32 Å². The maximum absolute atomic E-state index is 8.59. The van der Waals surface area contributed by atoms with Crippen LogP contribution in [0.4, 0.5) is 0 Å². The van der Waals surface area contributed by atoms with E-state index in [0.717, 1.165) is 13.0 Å². The van der Waals surface area contributed by atoms with Gasteiger partial charge in [-0.15, -0.1) is 0 Å². The van der Waals surface area contributed by atoms with E-state index in [1.54, 1.807) is 0 Å². The maximum atomic E-state index is 8.59. The average Bonchev–Trinajstić information content (AvgIpc) is 2.72. The first-order valence-electron chi connectivity index (χ1n) is 6.25. The molecule has 0 amide bonds. The number of aromatic nitrogens is 2. The third-order valence-electron chi connectivity index (χ3n) is 3.25. The van der Waals surface area contributed by atoms with Gasteiger partial charge in [0.1, 0.15) is 0 Å². The van der Waals surface area contributed by atoms with E-state index in [0.29, 0.717) is 19.3 Å². The van der Waals surface area contributed by atoms with E-state index >= 15 is 0 Å². The second-order valence-corrected chi connectivity index (χ2v) is 4.41. The second kappa shape index (κ2) is 6.14. The predicted molar refractivity (Wildman–Crippen MR) is 64.8 cm³/mol. The lowest BCUT2D eigenvalue weighted by atomic mass is 9.93. The number of aliphatic hydroxyl groups is 1. The predicted octanol–water partition coefficient (Wildman–Crippen LogP) is 0.396. The second-order valence-electron chi connectivity index (χ2n) is 4.41. The Bertz CT molecular complexity index is 352. The number of rotatable bonds is 6. The van der Waals surface area contributed by atoms with Gasteiger partial charge in [-0.2, -0.15) is 5.10 Å². The standard InChI is InChI=1S/C12H21N3O2/c1-15-12-4-2-3-11(10(12)9-14-15)13-5-7-17-8-6-16/h9,11,13,16H,2-8H2,1H3. The topological polar surface area (TPSA) is 59.3 Å². The van der Waals surface area contributed by atoms with Crippen LogP contribution in [0.5, 0.6) is 0 Å². The number of aliphatic hydroxyl groups excluding tert-OH is 1. The fourth-order valence-electron chi connectivity index (χ4n) is 2.39. The van der Waals surface area contributed by atoms with Gasteiger partial charge in [0.25, 0.3) is 0 Å². The van der Waals surface area contributed by atoms with Crippen LogP contribution in [0.1, 0.15) is 30.1 Å². The van der Waals surface area contributed by atoms with Gasteiger partial charge in [-0.1, -0.05) is 0 Å². The number of ether oxygens (including phenoxy) is 1. The molecule has 0 saturated carbocycles. The quantitative estimate of drug-likeness (QED) is 0.705. The average molecular weight is 239 g/mol. The smallest absolute Gasteiger partial charge is 0.0698 e. The molecule has 96 valence electrons. The number of fused-ring (bicyclic) bond motifs is 1. The Morgan fingerprint density at radius 3 is 3.29 bits per heavy atom. The molecule has 1 aliphatic rings. The Balaban J connectivity index is 1.82. The molecule has 0 saturated heterocycles. The molecular formula is C12H21N3O2. The summed E-state index contributed by atoms with van der Waals surface area (Å²) < 4.78 is 7.21. The van der Waals surface area contributed by atoms with Crippen molar-refractivity contribution in [2.24, 2.45) is 7.05 Å². The van der Waals surface area contributed by atoms with Crippen LogP contribution in [-0.2, 0) is 18.2 Å². The molecule has 1 unspecified atom stereocenters. The van der Waals surface area contributed by atoms with Gasteiger partial charge in [-0.3, -0.25) is 4.68 Å². The first-order chi connectivity index (χ1) is 8.33. The van der Waals surface area contributed by atoms with Gasteiger partial charge >= 0.3 is 0 Å². The van der Waals surface area contributed by atoms with E-state index < -0.39 is 0 Å². The number of hydrogen-bond donors (Lipinski definition) is 2. The Morgan fingerprint density at radius 1 is 1.59 bits per heavy atom. The Labute approximate surface area is 102 Å². The minimum absolute atomic E-state index is 0.0934. The van der Waals surface area contributed by atoms with Crippen molar-refractivity contribution >= 4 is 0 Å². The van der Waals surface area contributed by atoms with Crippen LogP contribution in [0.2, 0.25) is 0 Å². The van der Waals surface area contributed by atoms with Crippen molar-refractivity contribution < 1.29 is 9.84 Å². The molecular weight excluding hydrogens is 218 g/mol. The van der Waals surface area contributed by atoms with Crippen LogP contribution in [-0.4, -0.2) is 41.3 Å². The lowest BCUT2D eigenvalue weighted by Crippen LogP contribution is -2.28. The zero-order chi connectivity index (χ0) is 12.1. The van der Waals surface area contributed by atoms with Gasteiger partial charge in [0.2, 0.25) is 0 Å². The highest BCUT2D eigenvalue weighted by molar-refractivity contribution is 5.24. The summed E-state index contributed by atoms with van der Waals surface area (Å²) in [6.45, 7) is 1.98. The molecule has 2 rings (SSSR count). The van der Waals surface area contributed by atoms with Crippen molar-refractivity contribution in [2.45, 2.75) is 25.3 Å². The molecule has 1 aromatic heterocycles. The molecule has 0 aromatic carbocycles. The molecule has 0 spiro atoms. The van der Waals surface area contributed by atoms with Crippen LogP contribution in [0.3, 0.4) is 0 Å². The number of aryl methyl sites for hydroxylation is 1. The van der Waals surface area contributed by atoms with Crippen molar-refractivity contribution in [3.8, 4) is 0 Å². The molecule has 17 heavy (non-hydrogen) atoms. The maximum Gasteiger partial charge on any atom is 0.0698 e. The van der Waals surface area contributed by atoms with Gasteiger partial charge in [0, 0.05) is 30.9 Å². The molecule has 1 aliphatic carbocycles. The Morgan fingerprint density at radius 2 is 2.47 bits per heavy atom. The zero-order valence-electron chi connectivity index (χ0n) is 10.4. The van der Waals surface area contributed by atoms with Crippen molar-refractivity contribution in [3.63, 3.8) is 0 Å². The highest BCUT2D eigenvalue weighted by Gasteiger charge is 2.22. The number of nitrogens with one attached hydrogen (secondary N) is 1. The lowest BCUT2D eigenvalue weighted by molar-refractivity contribution is 0.0922. The van der Waals surface area contributed by atoms with E-state index in [1.165, 1.54) is 24.1 Å². The fraction of sp³-hybridized carbons (Fsp3) is 0.750. The molecule has 2 N–H and O–H groups in total. The van der Waals surface area contributed by atoms with Gasteiger partial charge < -0.3 is 15.2 Å². The summed E-state index contributed by atoms with van der Waals surface area (Å²) in [7, 11) is 2.01. The summed E-state index contributed by atoms with van der Waals surface area (Å²) in [5.41, 5.74) is 2.69. The minimum atomic E-state index is 0.0934. The molecule has 1 atom stereocenters. The fourth-order valence-corrected chi connectivity index (χ4v) is 2.39. The lowest BCUT2D eigenvalue weighted by Gasteiger charge is -2.23. The molecule has 5 heteroatoms. The zero-order valence-corrected chi connectivity index (χ0v) is 10.4. The Hall–Kier alpha value is -0.910. The van der Waals surface area contributed by atoms with Crippen molar-refractivity contribution in [3.05, 3.63) is 17.5 Å². The SMILES string of the molecule is Cn1ncc2c1CCCC2NCCOCCO. The number of nitrogens with zero attached hydrogens (tertiary/aromatic N) is 2. The summed E-state index contributed by atoms with van der Waals surface area (Å²) in [5, 5.41) is 16.4. The third kappa shape index (κ3) is 3.06. The van der Waals surface area contributed by atoms with Gasteiger partial charge in [-0.25, -0.2) is 0 Å². The molecule has 0 bridgehead atoms. The van der Waals surface area contributed by atoms with Crippen LogP contribution in [0, 0.1) is 0 Å². The minimum Gasteiger partial charge on any atom is -0.394 e. The van der Waals surface area contributed by atoms with Gasteiger partial charge in [0.05, 0.1) is 26.0 Å².